The summed E-state index contributed by atoms with van der Waals surface area (Å²) in [7, 11) is 0. The number of carbonyl (C=O) groups is 1. The van der Waals surface area contributed by atoms with Crippen molar-refractivity contribution < 1.29 is 14.6 Å². The number of rotatable bonds is 5. The largest absolute Gasteiger partial charge is 0.511 e. The topological polar surface area (TPSA) is 58.9 Å². The van der Waals surface area contributed by atoms with Crippen LogP contribution in [0.15, 0.2) is 52.7 Å². The van der Waals surface area contributed by atoms with Gasteiger partial charge in [0.2, 0.25) is 0 Å². The first-order valence-corrected chi connectivity index (χ1v) is 7.63. The van der Waals surface area contributed by atoms with Crippen molar-refractivity contribution in [1.29, 1.82) is 0 Å². The number of hydrogen-bond acceptors (Lipinski definition) is 4. The number of allylic oxidation sites excluding steroid dienone is 2. The lowest BCUT2D eigenvalue weighted by Crippen LogP contribution is -2.26. The minimum Gasteiger partial charge on any atom is -0.511 e. The van der Waals surface area contributed by atoms with Crippen molar-refractivity contribution in [1.82, 2.24) is 0 Å². The highest BCUT2D eigenvalue weighted by Gasteiger charge is 2.32. The molecule has 23 heavy (non-hydrogen) atoms. The van der Waals surface area contributed by atoms with Crippen LogP contribution in [0.4, 0.5) is 5.69 Å². The molecule has 0 heterocycles. The predicted molar refractivity (Wildman–Crippen MR) is 92.6 cm³/mol. The lowest BCUT2D eigenvalue weighted by Gasteiger charge is -2.28. The standard InChI is InChI=1S/C19H23NO3/c1-13(2)12-23-15-7-5-14(6-8-15)20-11-16-17(21)9-19(3,4)10-18(16)22/h5-8,11,21H,1,9-10,12H2,2-4H3. The van der Waals surface area contributed by atoms with E-state index < -0.39 is 0 Å². The van der Waals surface area contributed by atoms with Gasteiger partial charge in [-0.2, -0.15) is 0 Å². The van der Waals surface area contributed by atoms with Gasteiger partial charge in [0, 0.05) is 19.1 Å². The predicted octanol–water partition coefficient (Wildman–Crippen LogP) is 4.55. The van der Waals surface area contributed by atoms with E-state index in [-0.39, 0.29) is 17.0 Å². The molecule has 1 aromatic carbocycles. The first-order valence-electron chi connectivity index (χ1n) is 7.63. The molecule has 1 aromatic rings. The summed E-state index contributed by atoms with van der Waals surface area (Å²) in [5, 5.41) is 10.1. The van der Waals surface area contributed by atoms with Crippen LogP contribution in [0.5, 0.6) is 5.75 Å². The monoisotopic (exact) mass is 313 g/mol. The van der Waals surface area contributed by atoms with Crippen molar-refractivity contribution >= 4 is 17.7 Å². The highest BCUT2D eigenvalue weighted by Crippen LogP contribution is 2.35. The van der Waals surface area contributed by atoms with E-state index in [1.165, 1.54) is 6.21 Å². The van der Waals surface area contributed by atoms with Crippen LogP contribution in [0, 0.1) is 5.41 Å². The lowest BCUT2D eigenvalue weighted by molar-refractivity contribution is -0.117. The molecule has 1 aliphatic rings. The molecule has 0 unspecified atom stereocenters. The number of benzene rings is 1. The Morgan fingerprint density at radius 1 is 1.35 bits per heavy atom. The van der Waals surface area contributed by atoms with Gasteiger partial charge in [0.15, 0.2) is 5.78 Å². The fraction of sp³-hybridized carbons (Fsp3) is 0.368. The molecule has 0 atom stereocenters. The van der Waals surface area contributed by atoms with Gasteiger partial charge in [-0.25, -0.2) is 0 Å². The summed E-state index contributed by atoms with van der Waals surface area (Å²) in [6.45, 7) is 10.1. The van der Waals surface area contributed by atoms with Gasteiger partial charge >= 0.3 is 0 Å². The van der Waals surface area contributed by atoms with E-state index in [2.05, 4.69) is 11.6 Å². The number of carbonyl (C=O) groups excluding carboxylic acids is 1. The minimum atomic E-state index is -0.194. The van der Waals surface area contributed by atoms with Crippen molar-refractivity contribution in [2.45, 2.75) is 33.6 Å². The van der Waals surface area contributed by atoms with E-state index in [1.807, 2.05) is 32.9 Å². The molecule has 0 aromatic heterocycles. The molecule has 0 saturated heterocycles. The molecular formula is C19H23NO3. The summed E-state index contributed by atoms with van der Waals surface area (Å²) in [4.78, 5) is 16.4. The van der Waals surface area contributed by atoms with E-state index in [4.69, 9.17) is 4.74 Å². The maximum atomic E-state index is 12.1. The fourth-order valence-corrected chi connectivity index (χ4v) is 2.42. The van der Waals surface area contributed by atoms with Crippen LogP contribution < -0.4 is 4.74 Å². The number of aliphatic hydroxyl groups is 1. The molecule has 1 aliphatic carbocycles. The Bertz CT molecular complexity index is 666. The number of ether oxygens (including phenoxy) is 1. The highest BCUT2D eigenvalue weighted by molar-refractivity contribution is 6.14. The SMILES string of the molecule is C=C(C)COc1ccc(N=CC2=C(O)CC(C)(C)CC2=O)cc1. The Hall–Kier alpha value is -2.36. The molecule has 0 bridgehead atoms. The normalized spacial score (nSPS) is 17.6. The third-order valence-corrected chi connectivity index (χ3v) is 3.56. The zero-order valence-electron chi connectivity index (χ0n) is 13.9. The molecule has 4 heteroatoms. The van der Waals surface area contributed by atoms with Gasteiger partial charge in [-0.15, -0.1) is 0 Å². The summed E-state index contributed by atoms with van der Waals surface area (Å²) in [5.74, 6) is 0.796. The maximum absolute atomic E-state index is 12.1. The van der Waals surface area contributed by atoms with Gasteiger partial charge in [-0.05, 0) is 42.2 Å². The second kappa shape index (κ2) is 6.82. The van der Waals surface area contributed by atoms with Gasteiger partial charge in [0.1, 0.15) is 18.1 Å². The molecular weight excluding hydrogens is 290 g/mol. The highest BCUT2D eigenvalue weighted by atomic mass is 16.5. The second-order valence-electron chi connectivity index (χ2n) is 6.80. The van der Waals surface area contributed by atoms with Crippen LogP contribution in [0.1, 0.15) is 33.6 Å². The van der Waals surface area contributed by atoms with Gasteiger partial charge in [-0.3, -0.25) is 9.79 Å². The van der Waals surface area contributed by atoms with Crippen molar-refractivity contribution in [3.63, 3.8) is 0 Å². The van der Waals surface area contributed by atoms with Gasteiger partial charge in [0.25, 0.3) is 0 Å². The number of aliphatic hydroxyl groups excluding tert-OH is 1. The number of Topliss-reactive ketones (excluding diaryl/α,β-unsaturated/α-hetero) is 1. The third-order valence-electron chi connectivity index (χ3n) is 3.56. The molecule has 0 fully saturated rings. The van der Waals surface area contributed by atoms with Crippen LogP contribution in [0.25, 0.3) is 0 Å². The summed E-state index contributed by atoms with van der Waals surface area (Å²) < 4.78 is 5.52. The van der Waals surface area contributed by atoms with E-state index in [9.17, 15) is 9.90 Å². The molecule has 0 aliphatic heterocycles. The van der Waals surface area contributed by atoms with E-state index >= 15 is 0 Å². The minimum absolute atomic E-state index is 0.0658. The molecule has 0 saturated carbocycles. The van der Waals surface area contributed by atoms with Crippen molar-refractivity contribution in [3.05, 3.63) is 47.7 Å². The lowest BCUT2D eigenvalue weighted by atomic mass is 9.77. The Morgan fingerprint density at radius 2 is 2.00 bits per heavy atom. The smallest absolute Gasteiger partial charge is 0.168 e. The Balaban J connectivity index is 2.08. The van der Waals surface area contributed by atoms with E-state index in [0.29, 0.717) is 30.7 Å². The van der Waals surface area contributed by atoms with Crippen molar-refractivity contribution in [3.8, 4) is 5.75 Å². The number of ketones is 1. The average Bonchev–Trinajstić information content (AvgIpc) is 2.44. The van der Waals surface area contributed by atoms with Crippen molar-refractivity contribution in [2.24, 2.45) is 10.4 Å². The molecule has 2 rings (SSSR count). The number of nitrogens with zero attached hydrogens (tertiary/aromatic N) is 1. The summed E-state index contributed by atoms with van der Waals surface area (Å²) in [6, 6.07) is 7.24. The van der Waals surface area contributed by atoms with Crippen molar-refractivity contribution in [2.75, 3.05) is 6.61 Å². The van der Waals surface area contributed by atoms with E-state index in [0.717, 1.165) is 11.3 Å². The zero-order valence-corrected chi connectivity index (χ0v) is 13.9. The summed E-state index contributed by atoms with van der Waals surface area (Å²) in [6.07, 6.45) is 2.37. The Labute approximate surface area is 137 Å². The van der Waals surface area contributed by atoms with Gasteiger partial charge < -0.3 is 9.84 Å². The van der Waals surface area contributed by atoms with E-state index in [1.54, 1.807) is 12.1 Å². The number of aliphatic imine (C=N–C) groups is 1. The molecule has 122 valence electrons. The Morgan fingerprint density at radius 3 is 2.57 bits per heavy atom. The summed E-state index contributed by atoms with van der Waals surface area (Å²) >= 11 is 0. The van der Waals surface area contributed by atoms with Gasteiger partial charge in [-0.1, -0.05) is 20.4 Å². The first kappa shape index (κ1) is 17.0. The Kier molecular flexibility index (Phi) is 5.04. The number of hydrogen-bond donors (Lipinski definition) is 1. The second-order valence-corrected chi connectivity index (χ2v) is 6.80. The average molecular weight is 313 g/mol. The van der Waals surface area contributed by atoms with Crippen LogP contribution in [-0.4, -0.2) is 23.7 Å². The first-order chi connectivity index (χ1) is 10.8. The van der Waals surface area contributed by atoms with Crippen LogP contribution in [0.2, 0.25) is 0 Å². The molecule has 0 spiro atoms. The molecule has 1 N–H and O–H groups in total. The zero-order chi connectivity index (χ0) is 17.0. The molecule has 0 radical (unpaired) electrons. The van der Waals surface area contributed by atoms with Crippen LogP contribution in [-0.2, 0) is 4.79 Å². The van der Waals surface area contributed by atoms with Crippen LogP contribution >= 0.6 is 0 Å². The molecule has 4 nitrogen and oxygen atoms in total. The quantitative estimate of drug-likeness (QED) is 0.641. The third kappa shape index (κ3) is 4.81. The fourth-order valence-electron chi connectivity index (χ4n) is 2.42. The maximum Gasteiger partial charge on any atom is 0.168 e. The van der Waals surface area contributed by atoms with Gasteiger partial charge in [0.05, 0.1) is 11.3 Å². The molecule has 0 amide bonds. The summed E-state index contributed by atoms with van der Waals surface area (Å²) in [5.41, 5.74) is 1.77. The van der Waals surface area contributed by atoms with Crippen LogP contribution in [0.3, 0.4) is 0 Å².